The van der Waals surface area contributed by atoms with Crippen molar-refractivity contribution in [2.45, 2.75) is 13.3 Å². The van der Waals surface area contributed by atoms with Crippen LogP contribution in [0.5, 0.6) is 0 Å². The highest BCUT2D eigenvalue weighted by Crippen LogP contribution is 2.09. The molecular formula is C7H14N2O4S. The van der Waals surface area contributed by atoms with Crippen LogP contribution in [0.2, 0.25) is 0 Å². The van der Waals surface area contributed by atoms with E-state index in [0.29, 0.717) is 19.5 Å². The van der Waals surface area contributed by atoms with Crippen LogP contribution in [0.4, 0.5) is 0 Å². The molecule has 0 amide bonds. The number of carboxylic acid groups (broad SMARTS) is 1. The van der Waals surface area contributed by atoms with E-state index in [-0.39, 0.29) is 6.54 Å². The Hall–Kier alpha value is -0.660. The molecule has 1 saturated heterocycles. The van der Waals surface area contributed by atoms with E-state index in [1.54, 1.807) is 0 Å². The SMILES string of the molecule is CC(CN1CCCNS1(=O)=O)C(=O)O. The van der Waals surface area contributed by atoms with Crippen molar-refractivity contribution in [3.05, 3.63) is 0 Å². The smallest absolute Gasteiger partial charge is 0.307 e. The second kappa shape index (κ2) is 4.24. The molecular weight excluding hydrogens is 208 g/mol. The van der Waals surface area contributed by atoms with Gasteiger partial charge in [0.2, 0.25) is 0 Å². The minimum Gasteiger partial charge on any atom is -0.481 e. The molecule has 1 fully saturated rings. The van der Waals surface area contributed by atoms with Crippen LogP contribution in [0.3, 0.4) is 0 Å². The average Bonchev–Trinajstić information content (AvgIpc) is 2.08. The first-order chi connectivity index (χ1) is 6.43. The second-order valence-corrected chi connectivity index (χ2v) is 5.11. The molecule has 0 aliphatic carbocycles. The lowest BCUT2D eigenvalue weighted by atomic mass is 10.2. The summed E-state index contributed by atoms with van der Waals surface area (Å²) < 4.78 is 26.3. The van der Waals surface area contributed by atoms with Crippen molar-refractivity contribution in [1.29, 1.82) is 0 Å². The van der Waals surface area contributed by atoms with Crippen molar-refractivity contribution >= 4 is 16.2 Å². The Balaban J connectivity index is 2.63. The van der Waals surface area contributed by atoms with E-state index in [0.717, 1.165) is 0 Å². The van der Waals surface area contributed by atoms with Gasteiger partial charge in [-0.05, 0) is 6.42 Å². The Morgan fingerprint density at radius 1 is 1.64 bits per heavy atom. The van der Waals surface area contributed by atoms with Crippen molar-refractivity contribution in [3.63, 3.8) is 0 Å². The average molecular weight is 222 g/mol. The number of hydrogen-bond acceptors (Lipinski definition) is 3. The standard InChI is InChI=1S/C7H14N2O4S/c1-6(7(10)11)5-9-4-2-3-8-14(9,12)13/h6,8H,2-5H2,1H3,(H,10,11). The van der Waals surface area contributed by atoms with Gasteiger partial charge in [0.15, 0.2) is 0 Å². The summed E-state index contributed by atoms with van der Waals surface area (Å²) in [7, 11) is -3.43. The molecule has 0 radical (unpaired) electrons. The van der Waals surface area contributed by atoms with E-state index in [4.69, 9.17) is 5.11 Å². The molecule has 1 rings (SSSR count). The van der Waals surface area contributed by atoms with Gasteiger partial charge in [-0.15, -0.1) is 0 Å². The van der Waals surface area contributed by atoms with Crippen LogP contribution in [0, 0.1) is 5.92 Å². The molecule has 7 heteroatoms. The van der Waals surface area contributed by atoms with Gasteiger partial charge < -0.3 is 5.11 Å². The second-order valence-electron chi connectivity index (χ2n) is 3.35. The molecule has 0 saturated carbocycles. The molecule has 14 heavy (non-hydrogen) atoms. The topological polar surface area (TPSA) is 86.7 Å². The number of carbonyl (C=O) groups is 1. The van der Waals surface area contributed by atoms with Crippen molar-refractivity contribution in [2.24, 2.45) is 5.92 Å². The normalized spacial score (nSPS) is 24.4. The highest BCUT2D eigenvalue weighted by atomic mass is 32.2. The van der Waals surface area contributed by atoms with Gasteiger partial charge in [0.05, 0.1) is 5.92 Å². The van der Waals surface area contributed by atoms with Crippen molar-refractivity contribution < 1.29 is 18.3 Å². The number of hydrogen-bond donors (Lipinski definition) is 2. The van der Waals surface area contributed by atoms with Crippen LogP contribution in [0.15, 0.2) is 0 Å². The summed E-state index contributed by atoms with van der Waals surface area (Å²) in [6, 6.07) is 0. The quantitative estimate of drug-likeness (QED) is 0.657. The number of nitrogens with zero attached hydrogens (tertiary/aromatic N) is 1. The molecule has 82 valence electrons. The van der Waals surface area contributed by atoms with Gasteiger partial charge in [-0.1, -0.05) is 6.92 Å². The Morgan fingerprint density at radius 2 is 2.29 bits per heavy atom. The molecule has 0 spiro atoms. The maximum atomic E-state index is 11.4. The fourth-order valence-corrected chi connectivity index (χ4v) is 2.62. The van der Waals surface area contributed by atoms with Crippen molar-refractivity contribution in [1.82, 2.24) is 9.03 Å². The Labute approximate surface area is 83.1 Å². The third-order valence-electron chi connectivity index (χ3n) is 2.11. The first-order valence-corrected chi connectivity index (χ1v) is 5.85. The number of aliphatic carboxylic acids is 1. The van der Waals surface area contributed by atoms with Gasteiger partial charge in [0, 0.05) is 19.6 Å². The minimum atomic E-state index is -3.43. The Bertz CT molecular complexity index is 314. The van der Waals surface area contributed by atoms with Gasteiger partial charge in [0.25, 0.3) is 10.2 Å². The van der Waals surface area contributed by atoms with E-state index < -0.39 is 22.1 Å². The predicted molar refractivity (Wildman–Crippen MR) is 49.9 cm³/mol. The monoisotopic (exact) mass is 222 g/mol. The first kappa shape index (κ1) is 11.4. The zero-order chi connectivity index (χ0) is 10.8. The van der Waals surface area contributed by atoms with Crippen LogP contribution in [-0.2, 0) is 15.0 Å². The highest BCUT2D eigenvalue weighted by molar-refractivity contribution is 7.87. The maximum absolute atomic E-state index is 11.4. The first-order valence-electron chi connectivity index (χ1n) is 4.41. The molecule has 1 atom stereocenters. The summed E-state index contributed by atoms with van der Waals surface area (Å²) >= 11 is 0. The Kier molecular flexibility index (Phi) is 3.46. The lowest BCUT2D eigenvalue weighted by Gasteiger charge is -2.27. The highest BCUT2D eigenvalue weighted by Gasteiger charge is 2.28. The molecule has 0 bridgehead atoms. The van der Waals surface area contributed by atoms with Gasteiger partial charge >= 0.3 is 5.97 Å². The summed E-state index contributed by atoms with van der Waals surface area (Å²) in [4.78, 5) is 10.5. The summed E-state index contributed by atoms with van der Waals surface area (Å²) in [5.41, 5.74) is 0. The van der Waals surface area contributed by atoms with Crippen LogP contribution in [-0.4, -0.2) is 43.4 Å². The van der Waals surface area contributed by atoms with E-state index in [2.05, 4.69) is 4.72 Å². The zero-order valence-corrected chi connectivity index (χ0v) is 8.75. The van der Waals surface area contributed by atoms with Gasteiger partial charge in [-0.3, -0.25) is 4.79 Å². The van der Waals surface area contributed by atoms with Gasteiger partial charge in [-0.25, -0.2) is 4.72 Å². The van der Waals surface area contributed by atoms with Crippen LogP contribution in [0.1, 0.15) is 13.3 Å². The maximum Gasteiger partial charge on any atom is 0.307 e. The largest absolute Gasteiger partial charge is 0.481 e. The van der Waals surface area contributed by atoms with Crippen LogP contribution >= 0.6 is 0 Å². The summed E-state index contributed by atoms with van der Waals surface area (Å²) in [5, 5.41) is 8.64. The lowest BCUT2D eigenvalue weighted by molar-refractivity contribution is -0.141. The fraction of sp³-hybridized carbons (Fsp3) is 0.857. The molecule has 1 unspecified atom stereocenters. The molecule has 1 aliphatic rings. The van der Waals surface area contributed by atoms with Crippen molar-refractivity contribution in [2.75, 3.05) is 19.6 Å². The van der Waals surface area contributed by atoms with E-state index >= 15 is 0 Å². The Morgan fingerprint density at radius 3 is 2.79 bits per heavy atom. The van der Waals surface area contributed by atoms with Crippen LogP contribution < -0.4 is 4.72 Å². The molecule has 6 nitrogen and oxygen atoms in total. The number of carboxylic acids is 1. The number of nitrogens with one attached hydrogen (secondary N) is 1. The molecule has 1 heterocycles. The molecule has 2 N–H and O–H groups in total. The molecule has 0 aromatic rings. The van der Waals surface area contributed by atoms with Gasteiger partial charge in [0.1, 0.15) is 0 Å². The molecule has 0 aromatic carbocycles. The third kappa shape index (κ3) is 2.66. The summed E-state index contributed by atoms with van der Waals surface area (Å²) in [6.07, 6.45) is 0.714. The van der Waals surface area contributed by atoms with Crippen molar-refractivity contribution in [3.8, 4) is 0 Å². The lowest BCUT2D eigenvalue weighted by Crippen LogP contribution is -2.48. The minimum absolute atomic E-state index is 0.0324. The fourth-order valence-electron chi connectivity index (χ4n) is 1.24. The number of rotatable bonds is 3. The van der Waals surface area contributed by atoms with Gasteiger partial charge in [-0.2, -0.15) is 12.7 Å². The summed E-state index contributed by atoms with van der Waals surface area (Å²) in [5.74, 6) is -1.66. The van der Waals surface area contributed by atoms with Crippen LogP contribution in [0.25, 0.3) is 0 Å². The van der Waals surface area contributed by atoms with E-state index in [9.17, 15) is 13.2 Å². The summed E-state index contributed by atoms with van der Waals surface area (Å²) in [6.45, 7) is 2.35. The zero-order valence-electron chi connectivity index (χ0n) is 7.93. The van der Waals surface area contributed by atoms with E-state index in [1.807, 2.05) is 0 Å². The molecule has 1 aliphatic heterocycles. The third-order valence-corrected chi connectivity index (χ3v) is 3.69. The predicted octanol–water partition coefficient (Wildman–Crippen LogP) is -0.753. The van der Waals surface area contributed by atoms with E-state index in [1.165, 1.54) is 11.2 Å². The molecule has 0 aromatic heterocycles.